The average molecular weight is 1100 g/mol. The molecule has 7 atom stereocenters. The summed E-state index contributed by atoms with van der Waals surface area (Å²) in [6.45, 7) is 4.29. The average Bonchev–Trinajstić information content (AvgIpc) is 3.44. The van der Waals surface area contributed by atoms with Crippen molar-refractivity contribution in [3.05, 3.63) is 36.5 Å². The minimum Gasteiger partial charge on any atom is -0.466 e. The second-order valence-electron chi connectivity index (χ2n) is 23.2. The molecule has 1 aliphatic heterocycles. The van der Waals surface area contributed by atoms with E-state index in [1.807, 2.05) is 6.08 Å². The summed E-state index contributed by atoms with van der Waals surface area (Å²) in [5.74, 6) is -0.193. The molecule has 0 aromatic rings. The molecule has 1 saturated heterocycles. The standard InChI is InChI=1S/C67H125NO10/c1-3-5-7-9-11-13-14-15-16-25-29-32-35-39-43-47-51-55-63(72)76-56-52-48-44-40-36-33-30-27-24-22-20-18-17-19-21-23-26-28-31-34-38-42-46-50-54-62(71)68-59(60(70)53-49-45-41-37-12-10-8-6-4-2)58-77-67-66(75)65(74)64(73)61(57-69)78-67/h12,19,21,37,49,53,59-61,64-67,69-70,73-75H,3-11,13-18,20,22-36,38-48,50-52,54-58H2,1-2H3,(H,68,71)/b21-19-,37-12+,53-49+. The number of hydrogen-bond donors (Lipinski definition) is 6. The van der Waals surface area contributed by atoms with Crippen LogP contribution in [0.2, 0.25) is 0 Å². The molecule has 78 heavy (non-hydrogen) atoms. The molecule has 0 saturated carbocycles. The number of aliphatic hydroxyl groups is 5. The number of ether oxygens (including phenoxy) is 3. The first-order valence-electron chi connectivity index (χ1n) is 33.3. The van der Waals surface area contributed by atoms with Crippen LogP contribution in [0, 0.1) is 0 Å². The van der Waals surface area contributed by atoms with Gasteiger partial charge in [0.05, 0.1) is 32.0 Å². The number of amides is 1. The van der Waals surface area contributed by atoms with Gasteiger partial charge in [0.25, 0.3) is 0 Å². The number of allylic oxidation sites excluding steroid dienone is 5. The van der Waals surface area contributed by atoms with Gasteiger partial charge in [0.1, 0.15) is 24.4 Å². The molecule has 1 fully saturated rings. The van der Waals surface area contributed by atoms with E-state index in [1.54, 1.807) is 6.08 Å². The van der Waals surface area contributed by atoms with Crippen molar-refractivity contribution in [2.75, 3.05) is 19.8 Å². The van der Waals surface area contributed by atoms with Crippen molar-refractivity contribution in [3.63, 3.8) is 0 Å². The van der Waals surface area contributed by atoms with Crippen molar-refractivity contribution in [1.82, 2.24) is 5.32 Å². The molecule has 1 heterocycles. The normalized spacial score (nSPS) is 18.7. The zero-order chi connectivity index (χ0) is 56.6. The Morgan fingerprint density at radius 3 is 1.29 bits per heavy atom. The van der Waals surface area contributed by atoms with Crippen LogP contribution in [0.25, 0.3) is 0 Å². The van der Waals surface area contributed by atoms with Gasteiger partial charge in [-0.3, -0.25) is 9.59 Å². The lowest BCUT2D eigenvalue weighted by Gasteiger charge is -2.40. The zero-order valence-corrected chi connectivity index (χ0v) is 50.6. The van der Waals surface area contributed by atoms with E-state index in [0.29, 0.717) is 19.4 Å². The summed E-state index contributed by atoms with van der Waals surface area (Å²) in [6, 6.07) is -0.829. The smallest absolute Gasteiger partial charge is 0.305 e. The quantitative estimate of drug-likeness (QED) is 0.0195. The van der Waals surface area contributed by atoms with E-state index < -0.39 is 49.5 Å². The van der Waals surface area contributed by atoms with E-state index in [9.17, 15) is 35.1 Å². The highest BCUT2D eigenvalue weighted by Gasteiger charge is 2.44. The third kappa shape index (κ3) is 45.5. The molecule has 0 spiro atoms. The molecular formula is C67H125NO10. The van der Waals surface area contributed by atoms with Crippen LogP contribution >= 0.6 is 0 Å². The van der Waals surface area contributed by atoms with Crippen LogP contribution in [-0.4, -0.2) is 100 Å². The summed E-state index contributed by atoms with van der Waals surface area (Å²) in [5.41, 5.74) is 0. The number of rotatable bonds is 58. The van der Waals surface area contributed by atoms with Crippen molar-refractivity contribution in [2.24, 2.45) is 0 Å². The van der Waals surface area contributed by atoms with Crippen molar-refractivity contribution < 1.29 is 49.3 Å². The molecule has 0 aromatic carbocycles. The second kappa shape index (κ2) is 56.7. The van der Waals surface area contributed by atoms with E-state index in [4.69, 9.17) is 14.2 Å². The Hall–Kier alpha value is -2.12. The van der Waals surface area contributed by atoms with Gasteiger partial charge in [-0.25, -0.2) is 0 Å². The summed E-state index contributed by atoms with van der Waals surface area (Å²) >= 11 is 0. The molecule has 0 aromatic heterocycles. The van der Waals surface area contributed by atoms with E-state index in [-0.39, 0.29) is 18.5 Å². The summed E-state index contributed by atoms with van der Waals surface area (Å²) in [4.78, 5) is 25.1. The minimum atomic E-state index is -1.58. The van der Waals surface area contributed by atoms with Gasteiger partial charge < -0.3 is 45.1 Å². The predicted molar refractivity (Wildman–Crippen MR) is 324 cm³/mol. The number of aliphatic hydroxyl groups excluding tert-OH is 5. The van der Waals surface area contributed by atoms with Crippen LogP contribution in [0.4, 0.5) is 0 Å². The second-order valence-corrected chi connectivity index (χ2v) is 23.2. The SMILES string of the molecule is CCCCC/C=C/CC/C=C/C(O)C(COC1OC(CO)C(O)C(O)C1O)NC(=O)CCCCCCCCCC/C=C\CCCCCCCCCCCCCCOC(=O)CCCCCCCCCCCCCCCCCCC. The fourth-order valence-electron chi connectivity index (χ4n) is 10.4. The molecule has 0 radical (unpaired) electrons. The van der Waals surface area contributed by atoms with Crippen molar-refractivity contribution in [1.29, 1.82) is 0 Å². The van der Waals surface area contributed by atoms with Gasteiger partial charge in [0.15, 0.2) is 6.29 Å². The fourth-order valence-corrected chi connectivity index (χ4v) is 10.4. The molecule has 11 heteroatoms. The van der Waals surface area contributed by atoms with Crippen molar-refractivity contribution >= 4 is 11.9 Å². The Kier molecular flexibility index (Phi) is 53.7. The lowest BCUT2D eigenvalue weighted by molar-refractivity contribution is -0.302. The summed E-state index contributed by atoms with van der Waals surface area (Å²) in [7, 11) is 0. The number of nitrogens with one attached hydrogen (secondary N) is 1. The van der Waals surface area contributed by atoms with E-state index in [0.717, 1.165) is 70.6 Å². The number of carbonyl (C=O) groups excluding carboxylic acids is 2. The highest BCUT2D eigenvalue weighted by Crippen LogP contribution is 2.23. The number of unbranched alkanes of at least 4 members (excludes halogenated alkanes) is 40. The Bertz CT molecular complexity index is 1390. The number of hydrogen-bond acceptors (Lipinski definition) is 10. The van der Waals surface area contributed by atoms with E-state index >= 15 is 0 Å². The van der Waals surface area contributed by atoms with Gasteiger partial charge in [-0.2, -0.15) is 0 Å². The fraction of sp³-hybridized carbons (Fsp3) is 0.881. The van der Waals surface area contributed by atoms with E-state index in [1.165, 1.54) is 218 Å². The van der Waals surface area contributed by atoms with Crippen LogP contribution in [0.1, 0.15) is 316 Å². The van der Waals surface area contributed by atoms with Gasteiger partial charge in [-0.15, -0.1) is 0 Å². The van der Waals surface area contributed by atoms with Crippen LogP contribution in [0.15, 0.2) is 36.5 Å². The monoisotopic (exact) mass is 1100 g/mol. The molecule has 11 nitrogen and oxygen atoms in total. The predicted octanol–water partition coefficient (Wildman–Crippen LogP) is 16.2. The largest absolute Gasteiger partial charge is 0.466 e. The third-order valence-corrected chi connectivity index (χ3v) is 15.7. The molecule has 0 aliphatic carbocycles. The van der Waals surface area contributed by atoms with Gasteiger partial charge >= 0.3 is 5.97 Å². The maximum absolute atomic E-state index is 13.0. The summed E-state index contributed by atoms with van der Waals surface area (Å²) in [5, 5.41) is 54.2. The van der Waals surface area contributed by atoms with Gasteiger partial charge in [-0.1, -0.05) is 269 Å². The van der Waals surface area contributed by atoms with Crippen LogP contribution in [-0.2, 0) is 23.8 Å². The first kappa shape index (κ1) is 73.9. The lowest BCUT2D eigenvalue weighted by Crippen LogP contribution is -2.60. The molecule has 0 bridgehead atoms. The maximum atomic E-state index is 13.0. The van der Waals surface area contributed by atoms with Gasteiger partial charge in [-0.05, 0) is 70.6 Å². The maximum Gasteiger partial charge on any atom is 0.305 e. The molecule has 458 valence electrons. The summed E-state index contributed by atoms with van der Waals surface area (Å²) in [6.07, 6.45) is 61.4. The molecule has 6 N–H and O–H groups in total. The Labute approximate surface area is 479 Å². The van der Waals surface area contributed by atoms with Gasteiger partial charge in [0.2, 0.25) is 5.91 Å². The lowest BCUT2D eigenvalue weighted by atomic mass is 9.99. The van der Waals surface area contributed by atoms with Gasteiger partial charge in [0, 0.05) is 12.8 Å². The van der Waals surface area contributed by atoms with Crippen LogP contribution < -0.4 is 5.32 Å². The molecule has 1 aliphatic rings. The zero-order valence-electron chi connectivity index (χ0n) is 50.6. The minimum absolute atomic E-state index is 0.00499. The van der Waals surface area contributed by atoms with Crippen LogP contribution in [0.5, 0.6) is 0 Å². The van der Waals surface area contributed by atoms with Crippen LogP contribution in [0.3, 0.4) is 0 Å². The molecular weight excluding hydrogens is 979 g/mol. The van der Waals surface area contributed by atoms with E-state index in [2.05, 4.69) is 43.5 Å². The third-order valence-electron chi connectivity index (χ3n) is 15.7. The summed E-state index contributed by atoms with van der Waals surface area (Å²) < 4.78 is 16.7. The molecule has 1 amide bonds. The first-order valence-corrected chi connectivity index (χ1v) is 33.3. The molecule has 1 rings (SSSR count). The highest BCUT2D eigenvalue weighted by molar-refractivity contribution is 5.76. The Morgan fingerprint density at radius 2 is 0.833 bits per heavy atom. The van der Waals surface area contributed by atoms with Crippen molar-refractivity contribution in [3.8, 4) is 0 Å². The molecule has 7 unspecified atom stereocenters. The highest BCUT2D eigenvalue weighted by atomic mass is 16.7. The van der Waals surface area contributed by atoms with Crippen molar-refractivity contribution in [2.45, 2.75) is 358 Å². The number of esters is 1. The Balaban J connectivity index is 1.95. The number of carbonyl (C=O) groups is 2. The first-order chi connectivity index (χ1) is 38.2. The Morgan fingerprint density at radius 1 is 0.462 bits per heavy atom. The topological polar surface area (TPSA) is 175 Å².